The molecule has 0 radical (unpaired) electrons. The highest BCUT2D eigenvalue weighted by atomic mass is 32.2. The predicted molar refractivity (Wildman–Crippen MR) is 111 cm³/mol. The lowest BCUT2D eigenvalue weighted by molar-refractivity contribution is -0.132. The van der Waals surface area contributed by atoms with E-state index in [4.69, 9.17) is 0 Å². The summed E-state index contributed by atoms with van der Waals surface area (Å²) >= 11 is 1.82. The van der Waals surface area contributed by atoms with Gasteiger partial charge in [0.15, 0.2) is 5.96 Å². The van der Waals surface area contributed by atoms with E-state index >= 15 is 0 Å². The molecule has 1 fully saturated rings. The molecule has 0 spiro atoms. The van der Waals surface area contributed by atoms with E-state index in [-0.39, 0.29) is 5.91 Å². The first-order valence-electron chi connectivity index (χ1n) is 9.67. The van der Waals surface area contributed by atoms with Crippen molar-refractivity contribution in [1.82, 2.24) is 15.5 Å². The Balaban J connectivity index is 1.69. The van der Waals surface area contributed by atoms with Gasteiger partial charge in [-0.2, -0.15) is 0 Å². The molecule has 0 saturated carbocycles. The van der Waals surface area contributed by atoms with Crippen molar-refractivity contribution >= 4 is 23.6 Å². The van der Waals surface area contributed by atoms with Crippen LogP contribution in [0.25, 0.3) is 0 Å². The van der Waals surface area contributed by atoms with Crippen molar-refractivity contribution in [2.75, 3.05) is 38.5 Å². The Bertz CT molecular complexity index is 564. The molecule has 1 heterocycles. The van der Waals surface area contributed by atoms with Crippen molar-refractivity contribution in [3.8, 4) is 0 Å². The van der Waals surface area contributed by atoms with Crippen molar-refractivity contribution in [2.24, 2.45) is 10.9 Å². The molecule has 1 amide bonds. The number of guanidine groups is 1. The van der Waals surface area contributed by atoms with E-state index in [1.807, 2.05) is 22.7 Å². The molecule has 1 atom stereocenters. The molecule has 1 aliphatic rings. The van der Waals surface area contributed by atoms with Crippen molar-refractivity contribution < 1.29 is 4.79 Å². The number of hydrogen-bond acceptors (Lipinski definition) is 3. The average molecular weight is 377 g/mol. The molecular weight excluding hydrogens is 344 g/mol. The normalized spacial score (nSPS) is 17.8. The van der Waals surface area contributed by atoms with E-state index in [0.717, 1.165) is 44.3 Å². The fourth-order valence-electron chi connectivity index (χ4n) is 3.03. The first-order valence-corrected chi connectivity index (χ1v) is 10.7. The summed E-state index contributed by atoms with van der Waals surface area (Å²) in [7, 11) is 0. The third-order valence-corrected chi connectivity index (χ3v) is 5.37. The molecule has 0 bridgehead atoms. The number of nitrogens with zero attached hydrogens (tertiary/aromatic N) is 2. The molecule has 0 aromatic heterocycles. The number of piperidine rings is 1. The fourth-order valence-corrected chi connectivity index (χ4v) is 3.82. The van der Waals surface area contributed by atoms with Gasteiger partial charge in [0.1, 0.15) is 0 Å². The summed E-state index contributed by atoms with van der Waals surface area (Å²) in [4.78, 5) is 20.1. The van der Waals surface area contributed by atoms with Crippen LogP contribution < -0.4 is 10.6 Å². The average Bonchev–Trinajstić information content (AvgIpc) is 2.66. The van der Waals surface area contributed by atoms with Gasteiger partial charge in [-0.15, -0.1) is 11.8 Å². The molecule has 1 aliphatic heterocycles. The molecule has 5 nitrogen and oxygen atoms in total. The monoisotopic (exact) mass is 376 g/mol. The Kier molecular flexibility index (Phi) is 9.39. The fraction of sp³-hybridized carbons (Fsp3) is 0.600. The molecule has 1 unspecified atom stereocenters. The van der Waals surface area contributed by atoms with Crippen LogP contribution in [0.3, 0.4) is 0 Å². The zero-order chi connectivity index (χ0) is 18.6. The summed E-state index contributed by atoms with van der Waals surface area (Å²) in [5.41, 5.74) is 0. The molecule has 6 heteroatoms. The van der Waals surface area contributed by atoms with Gasteiger partial charge in [0.2, 0.25) is 5.91 Å². The van der Waals surface area contributed by atoms with Crippen LogP contribution in [0.5, 0.6) is 0 Å². The molecule has 2 N–H and O–H groups in total. The third kappa shape index (κ3) is 7.68. The second kappa shape index (κ2) is 11.8. The minimum atomic E-state index is 0.232. The van der Waals surface area contributed by atoms with E-state index in [9.17, 15) is 4.79 Å². The van der Waals surface area contributed by atoms with Gasteiger partial charge in [0, 0.05) is 43.2 Å². The van der Waals surface area contributed by atoms with Gasteiger partial charge in [0.05, 0.1) is 6.54 Å². The number of hydrogen-bond donors (Lipinski definition) is 2. The van der Waals surface area contributed by atoms with E-state index in [0.29, 0.717) is 18.9 Å². The number of nitrogens with one attached hydrogen (secondary N) is 2. The summed E-state index contributed by atoms with van der Waals surface area (Å²) in [6.45, 7) is 8.26. The predicted octanol–water partition coefficient (Wildman–Crippen LogP) is 2.98. The SMILES string of the molecule is CCNC(=NCCC(=O)N1CCCC(C)C1)NCCSc1ccccc1. The molecule has 1 saturated heterocycles. The largest absolute Gasteiger partial charge is 0.357 e. The van der Waals surface area contributed by atoms with Gasteiger partial charge in [-0.1, -0.05) is 25.1 Å². The molecule has 0 aliphatic carbocycles. The standard InChI is InChI=1S/C20H32N4OS/c1-3-21-20(23-13-15-26-18-9-5-4-6-10-18)22-12-11-19(25)24-14-7-8-17(2)16-24/h4-6,9-10,17H,3,7-8,11-16H2,1-2H3,(H2,21,22,23). The van der Waals surface area contributed by atoms with Crippen LogP contribution in [-0.2, 0) is 4.79 Å². The highest BCUT2D eigenvalue weighted by Gasteiger charge is 2.20. The first-order chi connectivity index (χ1) is 12.7. The third-order valence-electron chi connectivity index (χ3n) is 4.36. The molecular formula is C20H32N4OS. The van der Waals surface area contributed by atoms with Gasteiger partial charge in [-0.25, -0.2) is 0 Å². The maximum Gasteiger partial charge on any atom is 0.224 e. The summed E-state index contributed by atoms with van der Waals surface area (Å²) in [5, 5.41) is 6.59. The lowest BCUT2D eigenvalue weighted by Gasteiger charge is -2.30. The Labute approximate surface area is 162 Å². The zero-order valence-electron chi connectivity index (χ0n) is 16.0. The van der Waals surface area contributed by atoms with Gasteiger partial charge < -0.3 is 15.5 Å². The number of carbonyl (C=O) groups is 1. The van der Waals surface area contributed by atoms with Crippen molar-refractivity contribution in [3.05, 3.63) is 30.3 Å². The highest BCUT2D eigenvalue weighted by Crippen LogP contribution is 2.16. The second-order valence-corrected chi connectivity index (χ2v) is 7.85. The van der Waals surface area contributed by atoms with Gasteiger partial charge in [0.25, 0.3) is 0 Å². The Morgan fingerprint density at radius 3 is 2.85 bits per heavy atom. The highest BCUT2D eigenvalue weighted by molar-refractivity contribution is 7.99. The number of carbonyl (C=O) groups excluding carboxylic acids is 1. The zero-order valence-corrected chi connectivity index (χ0v) is 16.9. The quantitative estimate of drug-likeness (QED) is 0.317. The summed E-state index contributed by atoms with van der Waals surface area (Å²) in [6, 6.07) is 10.4. The number of benzene rings is 1. The van der Waals surface area contributed by atoms with Crippen molar-refractivity contribution in [1.29, 1.82) is 0 Å². The first kappa shape index (κ1) is 20.6. The number of rotatable bonds is 8. The van der Waals surface area contributed by atoms with Crippen molar-refractivity contribution in [3.63, 3.8) is 0 Å². The number of amides is 1. The maximum absolute atomic E-state index is 12.3. The van der Waals surface area contributed by atoms with E-state index in [2.05, 4.69) is 53.7 Å². The molecule has 2 rings (SSSR count). The van der Waals surface area contributed by atoms with E-state index in [1.165, 1.54) is 11.3 Å². The minimum absolute atomic E-state index is 0.232. The molecule has 1 aromatic carbocycles. The van der Waals surface area contributed by atoms with Crippen LogP contribution in [0.4, 0.5) is 0 Å². The Hall–Kier alpha value is -1.69. The van der Waals surface area contributed by atoms with Crippen molar-refractivity contribution in [2.45, 2.75) is 38.0 Å². The minimum Gasteiger partial charge on any atom is -0.357 e. The van der Waals surface area contributed by atoms with Crippen LogP contribution in [-0.4, -0.2) is 55.2 Å². The van der Waals surface area contributed by atoms with Gasteiger partial charge in [-0.3, -0.25) is 9.79 Å². The van der Waals surface area contributed by atoms with Crippen LogP contribution in [0, 0.1) is 5.92 Å². The van der Waals surface area contributed by atoms with Crippen LogP contribution in [0.2, 0.25) is 0 Å². The lowest BCUT2D eigenvalue weighted by atomic mass is 10.00. The van der Waals surface area contributed by atoms with Gasteiger partial charge in [-0.05, 0) is 37.8 Å². The van der Waals surface area contributed by atoms with Crippen LogP contribution in [0.1, 0.15) is 33.1 Å². The van der Waals surface area contributed by atoms with Crippen LogP contribution >= 0.6 is 11.8 Å². The molecule has 144 valence electrons. The van der Waals surface area contributed by atoms with E-state index in [1.54, 1.807) is 0 Å². The lowest BCUT2D eigenvalue weighted by Crippen LogP contribution is -2.40. The topological polar surface area (TPSA) is 56.7 Å². The number of likely N-dealkylation sites (tertiary alicyclic amines) is 1. The second-order valence-electron chi connectivity index (χ2n) is 6.69. The van der Waals surface area contributed by atoms with Crippen LogP contribution in [0.15, 0.2) is 40.2 Å². The maximum atomic E-state index is 12.3. The Morgan fingerprint density at radius 1 is 1.31 bits per heavy atom. The smallest absolute Gasteiger partial charge is 0.224 e. The molecule has 26 heavy (non-hydrogen) atoms. The van der Waals surface area contributed by atoms with Gasteiger partial charge >= 0.3 is 0 Å². The summed E-state index contributed by atoms with van der Waals surface area (Å²) in [6.07, 6.45) is 2.85. The molecule has 1 aromatic rings. The number of aliphatic imine (C=N–C) groups is 1. The summed E-state index contributed by atoms with van der Waals surface area (Å²) in [5.74, 6) is 2.62. The Morgan fingerprint density at radius 2 is 2.12 bits per heavy atom. The van der Waals surface area contributed by atoms with E-state index < -0.39 is 0 Å². The summed E-state index contributed by atoms with van der Waals surface area (Å²) < 4.78 is 0. The number of thioether (sulfide) groups is 1.